The molecule has 7 nitrogen and oxygen atoms in total. The molecule has 7 heteroatoms. The van der Waals surface area contributed by atoms with Crippen molar-refractivity contribution in [2.24, 2.45) is 0 Å². The minimum absolute atomic E-state index is 0.00705. The van der Waals surface area contributed by atoms with Gasteiger partial charge in [-0.2, -0.15) is 0 Å². The third-order valence-electron chi connectivity index (χ3n) is 3.71. The van der Waals surface area contributed by atoms with E-state index in [1.54, 1.807) is 12.1 Å². The van der Waals surface area contributed by atoms with Crippen LogP contribution in [0.25, 0.3) is 0 Å². The Balaban J connectivity index is 1.99. The first kappa shape index (κ1) is 20.0. The Morgan fingerprint density at radius 1 is 0.926 bits per heavy atom. The molecule has 2 rings (SSSR count). The molecule has 0 aliphatic carbocycles. The number of amides is 3. The number of nitrogens with one attached hydrogen (secondary N) is 3. The Morgan fingerprint density at radius 2 is 1.56 bits per heavy atom. The Kier molecular flexibility index (Phi) is 6.93. The monoisotopic (exact) mass is 369 g/mol. The Hall–Kier alpha value is -3.35. The van der Waals surface area contributed by atoms with Gasteiger partial charge in [0.25, 0.3) is 5.91 Å². The summed E-state index contributed by atoms with van der Waals surface area (Å²) >= 11 is 0. The number of carboxylic acid groups (broad SMARTS) is 1. The van der Waals surface area contributed by atoms with Crippen molar-refractivity contribution in [2.75, 3.05) is 5.32 Å². The number of rotatable bonds is 7. The quantitative estimate of drug-likeness (QED) is 0.602. The molecule has 0 aliphatic heterocycles. The molecule has 27 heavy (non-hydrogen) atoms. The highest BCUT2D eigenvalue weighted by Crippen LogP contribution is 2.11. The van der Waals surface area contributed by atoms with Crippen LogP contribution in [0.2, 0.25) is 0 Å². The van der Waals surface area contributed by atoms with Crippen molar-refractivity contribution in [3.8, 4) is 0 Å². The van der Waals surface area contributed by atoms with Crippen LogP contribution in [-0.4, -0.2) is 35.1 Å². The summed E-state index contributed by atoms with van der Waals surface area (Å²) in [6.45, 7) is 3.70. The highest BCUT2D eigenvalue weighted by atomic mass is 16.4. The maximum Gasteiger partial charge on any atom is 0.326 e. The van der Waals surface area contributed by atoms with Crippen molar-refractivity contribution in [1.29, 1.82) is 0 Å². The molecular formula is C20H23N3O4. The van der Waals surface area contributed by atoms with Gasteiger partial charge in [0, 0.05) is 23.7 Å². The summed E-state index contributed by atoms with van der Waals surface area (Å²) in [6, 6.07) is 14.0. The van der Waals surface area contributed by atoms with Gasteiger partial charge in [-0.05, 0) is 43.7 Å². The van der Waals surface area contributed by atoms with E-state index in [4.69, 9.17) is 0 Å². The van der Waals surface area contributed by atoms with Gasteiger partial charge in [-0.15, -0.1) is 0 Å². The third kappa shape index (κ3) is 6.47. The van der Waals surface area contributed by atoms with E-state index in [2.05, 4.69) is 16.0 Å². The number of carbonyl (C=O) groups is 3. The summed E-state index contributed by atoms with van der Waals surface area (Å²) < 4.78 is 0. The Morgan fingerprint density at radius 3 is 2.11 bits per heavy atom. The highest BCUT2D eigenvalue weighted by molar-refractivity contribution is 5.97. The van der Waals surface area contributed by atoms with Gasteiger partial charge in [-0.25, -0.2) is 9.59 Å². The topological polar surface area (TPSA) is 108 Å². The number of anilines is 1. The lowest BCUT2D eigenvalue weighted by Crippen LogP contribution is -2.42. The summed E-state index contributed by atoms with van der Waals surface area (Å²) in [5.74, 6) is -1.59. The number of urea groups is 1. The largest absolute Gasteiger partial charge is 0.480 e. The summed E-state index contributed by atoms with van der Waals surface area (Å²) in [6.07, 6.45) is 0.191. The van der Waals surface area contributed by atoms with Crippen molar-refractivity contribution in [3.63, 3.8) is 0 Å². The standard InChI is InChI=1S/C20H23N3O4/c1-13(2)21-20(27)22-16-10-8-15(9-11-16)18(24)23-17(19(25)26)12-14-6-4-3-5-7-14/h3-11,13,17H,12H2,1-2H3,(H,23,24)(H,25,26)(H2,21,22,27)/t17-/m1/s1. The summed E-state index contributed by atoms with van der Waals surface area (Å²) in [7, 11) is 0. The summed E-state index contributed by atoms with van der Waals surface area (Å²) in [5, 5.41) is 17.3. The van der Waals surface area contributed by atoms with Crippen LogP contribution in [-0.2, 0) is 11.2 Å². The smallest absolute Gasteiger partial charge is 0.326 e. The fourth-order valence-electron chi connectivity index (χ4n) is 2.43. The van der Waals surface area contributed by atoms with Gasteiger partial charge in [0.2, 0.25) is 0 Å². The first-order valence-electron chi connectivity index (χ1n) is 8.60. The van der Waals surface area contributed by atoms with E-state index in [1.807, 2.05) is 44.2 Å². The normalized spacial score (nSPS) is 11.5. The SMILES string of the molecule is CC(C)NC(=O)Nc1ccc(C(=O)N[C@H](Cc2ccccc2)C(=O)O)cc1. The molecule has 2 aromatic rings. The van der Waals surface area contributed by atoms with Crippen molar-refractivity contribution >= 4 is 23.6 Å². The molecule has 1 atom stereocenters. The number of benzene rings is 2. The van der Waals surface area contributed by atoms with E-state index in [0.29, 0.717) is 11.3 Å². The maximum absolute atomic E-state index is 12.4. The van der Waals surface area contributed by atoms with E-state index in [-0.39, 0.29) is 18.5 Å². The second-order valence-electron chi connectivity index (χ2n) is 6.38. The molecular weight excluding hydrogens is 346 g/mol. The van der Waals surface area contributed by atoms with Gasteiger partial charge in [0.1, 0.15) is 6.04 Å². The van der Waals surface area contributed by atoms with Crippen LogP contribution in [0.15, 0.2) is 54.6 Å². The van der Waals surface area contributed by atoms with Crippen LogP contribution in [0, 0.1) is 0 Å². The molecule has 0 aromatic heterocycles. The summed E-state index contributed by atoms with van der Waals surface area (Å²) in [4.78, 5) is 35.5. The number of aliphatic carboxylic acids is 1. The van der Waals surface area contributed by atoms with Crippen molar-refractivity contribution in [2.45, 2.75) is 32.4 Å². The second kappa shape index (κ2) is 9.38. The Bertz CT molecular complexity index is 789. The molecule has 0 bridgehead atoms. The number of hydrogen-bond acceptors (Lipinski definition) is 3. The molecule has 0 unspecified atom stereocenters. The molecule has 3 amide bonds. The van der Waals surface area contributed by atoms with Gasteiger partial charge >= 0.3 is 12.0 Å². The molecule has 0 aliphatic rings. The lowest BCUT2D eigenvalue weighted by Gasteiger charge is -2.15. The number of carbonyl (C=O) groups excluding carboxylic acids is 2. The minimum atomic E-state index is -1.10. The first-order valence-corrected chi connectivity index (χ1v) is 8.60. The molecule has 0 fully saturated rings. The van der Waals surface area contributed by atoms with Crippen LogP contribution in [0.5, 0.6) is 0 Å². The maximum atomic E-state index is 12.4. The van der Waals surface area contributed by atoms with Crippen molar-refractivity contribution in [1.82, 2.24) is 10.6 Å². The predicted octanol–water partition coefficient (Wildman–Crippen LogP) is 2.64. The Labute approximate surface area is 157 Å². The van der Waals surface area contributed by atoms with Crippen molar-refractivity contribution < 1.29 is 19.5 Å². The average molecular weight is 369 g/mol. The predicted molar refractivity (Wildman–Crippen MR) is 103 cm³/mol. The number of hydrogen-bond donors (Lipinski definition) is 4. The van der Waals surface area contributed by atoms with Crippen LogP contribution in [0.4, 0.5) is 10.5 Å². The van der Waals surface area contributed by atoms with Gasteiger partial charge in [0.05, 0.1) is 0 Å². The lowest BCUT2D eigenvalue weighted by atomic mass is 10.1. The van der Waals surface area contributed by atoms with Gasteiger partial charge in [-0.1, -0.05) is 30.3 Å². The molecule has 142 valence electrons. The van der Waals surface area contributed by atoms with Gasteiger partial charge < -0.3 is 21.1 Å². The molecule has 2 aromatic carbocycles. The molecule has 0 saturated carbocycles. The van der Waals surface area contributed by atoms with Gasteiger partial charge in [-0.3, -0.25) is 4.79 Å². The van der Waals surface area contributed by atoms with E-state index in [9.17, 15) is 19.5 Å². The molecule has 0 radical (unpaired) electrons. The van der Waals surface area contributed by atoms with E-state index < -0.39 is 17.9 Å². The number of carboxylic acids is 1. The molecule has 0 spiro atoms. The zero-order chi connectivity index (χ0) is 19.8. The second-order valence-corrected chi connectivity index (χ2v) is 6.38. The lowest BCUT2D eigenvalue weighted by molar-refractivity contribution is -0.139. The van der Waals surface area contributed by atoms with Crippen LogP contribution >= 0.6 is 0 Å². The minimum Gasteiger partial charge on any atom is -0.480 e. The van der Waals surface area contributed by atoms with E-state index in [0.717, 1.165) is 5.56 Å². The molecule has 0 saturated heterocycles. The fraction of sp³-hybridized carbons (Fsp3) is 0.250. The third-order valence-corrected chi connectivity index (χ3v) is 3.71. The zero-order valence-corrected chi connectivity index (χ0v) is 15.2. The molecule has 4 N–H and O–H groups in total. The zero-order valence-electron chi connectivity index (χ0n) is 15.2. The summed E-state index contributed by atoms with van der Waals surface area (Å²) in [5.41, 5.74) is 1.66. The fourth-order valence-corrected chi connectivity index (χ4v) is 2.43. The molecule has 0 heterocycles. The van der Waals surface area contributed by atoms with E-state index in [1.165, 1.54) is 12.1 Å². The average Bonchev–Trinajstić information content (AvgIpc) is 2.61. The highest BCUT2D eigenvalue weighted by Gasteiger charge is 2.21. The van der Waals surface area contributed by atoms with Crippen LogP contribution in [0.3, 0.4) is 0 Å². The van der Waals surface area contributed by atoms with Gasteiger partial charge in [0.15, 0.2) is 0 Å². The van der Waals surface area contributed by atoms with Crippen LogP contribution < -0.4 is 16.0 Å². The van der Waals surface area contributed by atoms with Crippen LogP contribution in [0.1, 0.15) is 29.8 Å². The van der Waals surface area contributed by atoms with E-state index >= 15 is 0 Å². The first-order chi connectivity index (χ1) is 12.8. The van der Waals surface area contributed by atoms with Crippen molar-refractivity contribution in [3.05, 3.63) is 65.7 Å².